The van der Waals surface area contributed by atoms with Gasteiger partial charge in [-0.2, -0.15) is 18.2 Å². The van der Waals surface area contributed by atoms with Gasteiger partial charge in [-0.25, -0.2) is 18.2 Å². The lowest BCUT2D eigenvalue weighted by atomic mass is 10.0. The molecular formula is C45H49F3N6O9S. The molecule has 9 rings (SSSR count). The van der Waals surface area contributed by atoms with Gasteiger partial charge in [0.1, 0.15) is 40.9 Å². The topological polar surface area (TPSA) is 199 Å². The van der Waals surface area contributed by atoms with Crippen LogP contribution in [-0.4, -0.2) is 88.7 Å². The fraction of sp³-hybridized carbons (Fsp3) is 0.511. The van der Waals surface area contributed by atoms with Crippen LogP contribution in [-0.2, 0) is 35.3 Å². The number of carbonyl (C=O) groups excluding carboxylic acids is 4. The van der Waals surface area contributed by atoms with Gasteiger partial charge in [-0.05, 0) is 94.9 Å². The van der Waals surface area contributed by atoms with Crippen molar-refractivity contribution < 1.29 is 54.7 Å². The normalized spacial score (nSPS) is 26.3. The van der Waals surface area contributed by atoms with Gasteiger partial charge in [-0.15, -0.1) is 0 Å². The lowest BCUT2D eigenvalue weighted by Crippen LogP contribution is -2.58. The molecule has 0 radical (unpaired) electrons. The van der Waals surface area contributed by atoms with Gasteiger partial charge in [0, 0.05) is 23.3 Å². The number of sulfonamides is 1. The van der Waals surface area contributed by atoms with E-state index in [9.17, 15) is 40.8 Å². The molecule has 5 atom stereocenters. The quantitative estimate of drug-likeness (QED) is 0.158. The molecule has 4 amide bonds. The number of ether oxygens (including phenoxy) is 2. The summed E-state index contributed by atoms with van der Waals surface area (Å²) in [6.45, 7) is 1.65. The van der Waals surface area contributed by atoms with E-state index in [4.69, 9.17) is 18.9 Å². The van der Waals surface area contributed by atoms with Crippen molar-refractivity contribution in [1.82, 2.24) is 30.2 Å². The number of amides is 4. The first-order valence-electron chi connectivity index (χ1n) is 22.0. The van der Waals surface area contributed by atoms with Crippen LogP contribution in [0.25, 0.3) is 33.5 Å². The van der Waals surface area contributed by atoms with Gasteiger partial charge in [0.05, 0.1) is 17.4 Å². The maximum Gasteiger partial charge on any atom is 0.416 e. The number of aromatic nitrogens is 2. The maximum absolute atomic E-state index is 14.8. The number of benzene rings is 2. The highest BCUT2D eigenvalue weighted by Crippen LogP contribution is 2.46. The molecule has 3 saturated carbocycles. The number of hydrogen-bond donors (Lipinski definition) is 3. The molecule has 64 heavy (non-hydrogen) atoms. The van der Waals surface area contributed by atoms with Crippen LogP contribution in [0.5, 0.6) is 5.88 Å². The Hall–Kier alpha value is -5.72. The number of carbonyl (C=O) groups is 4. The standard InChI is InChI=1S/C45H49F3N6O9S/c1-25-10-9-14-32-35-37(63-36(25)32)40(51-38(50-35)26-16-18-27(19-17-26)45(46,47)48)61-30-22-34-39(55)52-44(42(57)53-64(59,60)31-20-21-31)23-28(44)11-5-3-2-4-6-15-33(41(56)54(34)24-30)49-43(58)62-29-12-7-8-13-29/h5,9-11,14,16-19,28-31,33-34H,2-4,6-8,12-13,15,20-24H2,1H3,(H,49,58)(H,52,55)(H,53,57)/b11-5-/t28-,30+,33-,34-,44+/m0/s1. The first-order chi connectivity index (χ1) is 30.6. The highest BCUT2D eigenvalue weighted by molar-refractivity contribution is 7.91. The van der Waals surface area contributed by atoms with Crippen molar-refractivity contribution in [2.24, 2.45) is 5.92 Å². The Morgan fingerprint density at radius 3 is 2.42 bits per heavy atom. The number of hydrogen-bond acceptors (Lipinski definition) is 11. The van der Waals surface area contributed by atoms with E-state index in [1.807, 2.05) is 31.2 Å². The third kappa shape index (κ3) is 8.87. The van der Waals surface area contributed by atoms with Crippen molar-refractivity contribution in [3.8, 4) is 17.3 Å². The number of alkyl carbamates (subject to hydrolysis) is 1. The molecule has 2 aliphatic heterocycles. The van der Waals surface area contributed by atoms with Crippen LogP contribution in [0.1, 0.15) is 94.6 Å². The fourth-order valence-corrected chi connectivity index (χ4v) is 10.5. The van der Waals surface area contributed by atoms with E-state index in [2.05, 4.69) is 20.3 Å². The molecule has 15 nitrogen and oxygen atoms in total. The smallest absolute Gasteiger partial charge is 0.416 e. The third-order valence-electron chi connectivity index (χ3n) is 13.0. The molecule has 4 aromatic rings. The Balaban J connectivity index is 1.06. The van der Waals surface area contributed by atoms with Crippen molar-refractivity contribution in [2.75, 3.05) is 6.54 Å². The molecule has 4 heterocycles. The number of nitrogens with zero attached hydrogens (tertiary/aromatic N) is 3. The van der Waals surface area contributed by atoms with Crippen molar-refractivity contribution >= 4 is 55.9 Å². The second-order valence-electron chi connectivity index (χ2n) is 17.7. The second-order valence-corrected chi connectivity index (χ2v) is 19.6. The van der Waals surface area contributed by atoms with E-state index in [1.54, 1.807) is 6.07 Å². The minimum absolute atomic E-state index is 0.0362. The predicted molar refractivity (Wildman–Crippen MR) is 226 cm³/mol. The Kier molecular flexibility index (Phi) is 11.6. The number of allylic oxidation sites excluding steroid dienone is 1. The number of para-hydroxylation sites is 1. The van der Waals surface area contributed by atoms with E-state index in [0.29, 0.717) is 61.4 Å². The molecular weight excluding hydrogens is 858 g/mol. The molecule has 2 aromatic carbocycles. The molecule has 3 N–H and O–H groups in total. The summed E-state index contributed by atoms with van der Waals surface area (Å²) < 4.78 is 87.2. The average molecular weight is 907 g/mol. The number of furan rings is 1. The lowest BCUT2D eigenvalue weighted by molar-refractivity contribution is -0.141. The van der Waals surface area contributed by atoms with Gasteiger partial charge >= 0.3 is 12.3 Å². The Morgan fingerprint density at radius 2 is 1.69 bits per heavy atom. The van der Waals surface area contributed by atoms with Crippen molar-refractivity contribution in [3.63, 3.8) is 0 Å². The van der Waals surface area contributed by atoms with E-state index in [-0.39, 0.29) is 54.8 Å². The van der Waals surface area contributed by atoms with Crippen LogP contribution in [0.15, 0.2) is 59.0 Å². The molecule has 2 aromatic heterocycles. The number of rotatable bonds is 8. The minimum atomic E-state index is -4.57. The zero-order valence-electron chi connectivity index (χ0n) is 35.1. The van der Waals surface area contributed by atoms with Gasteiger partial charge in [0.15, 0.2) is 5.82 Å². The second kappa shape index (κ2) is 17.0. The number of aryl methyl sites for hydroxylation is 1. The van der Waals surface area contributed by atoms with Crippen LogP contribution in [0.3, 0.4) is 0 Å². The predicted octanol–water partition coefficient (Wildman–Crippen LogP) is 6.76. The number of halogens is 3. The fourth-order valence-electron chi connectivity index (χ4n) is 9.14. The highest BCUT2D eigenvalue weighted by Gasteiger charge is 2.62. The maximum atomic E-state index is 14.8. The molecule has 0 spiro atoms. The summed E-state index contributed by atoms with van der Waals surface area (Å²) in [7, 11) is -3.97. The zero-order chi connectivity index (χ0) is 45.0. The van der Waals surface area contributed by atoms with Crippen LogP contribution in [0.2, 0.25) is 0 Å². The summed E-state index contributed by atoms with van der Waals surface area (Å²) in [6.07, 6.45) is 4.22. The lowest BCUT2D eigenvalue weighted by Gasteiger charge is -2.30. The number of fused-ring (bicyclic) bond motifs is 5. The molecule has 0 unspecified atom stereocenters. The average Bonchev–Trinajstić information content (AvgIpc) is 4.06. The molecule has 4 fully saturated rings. The molecule has 5 aliphatic rings. The van der Waals surface area contributed by atoms with Gasteiger partial charge in [0.2, 0.25) is 27.4 Å². The molecule has 0 bridgehead atoms. The Morgan fingerprint density at radius 1 is 0.938 bits per heavy atom. The van der Waals surface area contributed by atoms with E-state index < -0.39 is 80.5 Å². The third-order valence-corrected chi connectivity index (χ3v) is 14.8. The highest BCUT2D eigenvalue weighted by atomic mass is 32.2. The van der Waals surface area contributed by atoms with Crippen molar-refractivity contribution in [2.45, 2.75) is 132 Å². The van der Waals surface area contributed by atoms with Gasteiger partial charge in [0.25, 0.3) is 11.8 Å². The molecule has 1 saturated heterocycles. The summed E-state index contributed by atoms with van der Waals surface area (Å²) >= 11 is 0. The Bertz CT molecular complexity index is 2630. The Labute approximate surface area is 366 Å². The molecule has 340 valence electrons. The summed E-state index contributed by atoms with van der Waals surface area (Å²) in [5, 5.41) is 5.53. The number of alkyl halides is 3. The zero-order valence-corrected chi connectivity index (χ0v) is 35.9. The summed E-state index contributed by atoms with van der Waals surface area (Å²) in [5.74, 6) is -2.73. The van der Waals surface area contributed by atoms with Crippen molar-refractivity contribution in [3.05, 3.63) is 65.7 Å². The van der Waals surface area contributed by atoms with E-state index >= 15 is 0 Å². The summed E-state index contributed by atoms with van der Waals surface area (Å²) in [4.78, 5) is 67.2. The van der Waals surface area contributed by atoms with Crippen LogP contribution in [0.4, 0.5) is 18.0 Å². The van der Waals surface area contributed by atoms with Gasteiger partial charge < -0.3 is 29.4 Å². The minimum Gasteiger partial charge on any atom is -0.470 e. The van der Waals surface area contributed by atoms with Crippen LogP contribution >= 0.6 is 0 Å². The summed E-state index contributed by atoms with van der Waals surface area (Å²) in [5.41, 5.74) is -0.488. The van der Waals surface area contributed by atoms with E-state index in [0.717, 1.165) is 37.0 Å². The van der Waals surface area contributed by atoms with Crippen LogP contribution in [0, 0.1) is 12.8 Å². The SMILES string of the molecule is Cc1cccc2c1oc1c(O[C@@H]3C[C@H]4C(=O)N[C@]5(C(=O)NS(=O)(=O)C6CC6)C[C@@H]5/C=C\CCCCC[C@H](NC(=O)OC5CCCC5)C(=O)N4C3)nc(-c3ccc(C(F)(F)F)cc3)nc12. The summed E-state index contributed by atoms with van der Waals surface area (Å²) in [6, 6.07) is 7.43. The van der Waals surface area contributed by atoms with Crippen LogP contribution < -0.4 is 20.1 Å². The van der Waals surface area contributed by atoms with Crippen molar-refractivity contribution in [1.29, 1.82) is 0 Å². The monoisotopic (exact) mass is 906 g/mol. The first-order valence-corrected chi connectivity index (χ1v) is 23.5. The number of nitrogens with one attached hydrogen (secondary N) is 3. The first kappa shape index (κ1) is 43.5. The molecule has 3 aliphatic carbocycles. The van der Waals surface area contributed by atoms with Gasteiger partial charge in [-0.1, -0.05) is 49.3 Å². The van der Waals surface area contributed by atoms with Gasteiger partial charge in [-0.3, -0.25) is 19.1 Å². The molecule has 19 heteroatoms. The largest absolute Gasteiger partial charge is 0.470 e. The van der Waals surface area contributed by atoms with E-state index in [1.165, 1.54) is 17.0 Å².